The van der Waals surface area contributed by atoms with Crippen LogP contribution in [0.3, 0.4) is 0 Å². The van der Waals surface area contributed by atoms with E-state index in [1.165, 1.54) is 6.42 Å². The SMILES string of the molecule is CN(C)C1(CNC(=O)NC2COCC2C(=O)O)CCC1. The van der Waals surface area contributed by atoms with Crippen LogP contribution in [0.25, 0.3) is 0 Å². The zero-order valence-electron chi connectivity index (χ0n) is 12.0. The molecule has 2 rings (SSSR count). The van der Waals surface area contributed by atoms with Crippen molar-refractivity contribution in [1.29, 1.82) is 0 Å². The number of aliphatic carboxylic acids is 1. The molecule has 1 aliphatic heterocycles. The van der Waals surface area contributed by atoms with Gasteiger partial charge >= 0.3 is 12.0 Å². The van der Waals surface area contributed by atoms with Gasteiger partial charge in [-0.25, -0.2) is 4.79 Å². The van der Waals surface area contributed by atoms with Crippen molar-refractivity contribution in [1.82, 2.24) is 15.5 Å². The molecule has 3 N–H and O–H groups in total. The van der Waals surface area contributed by atoms with E-state index in [4.69, 9.17) is 9.84 Å². The van der Waals surface area contributed by atoms with E-state index in [2.05, 4.69) is 15.5 Å². The second kappa shape index (κ2) is 5.97. The number of likely N-dealkylation sites (N-methyl/N-ethyl adjacent to an activating group) is 1. The number of nitrogens with zero attached hydrogens (tertiary/aromatic N) is 1. The minimum absolute atomic E-state index is 0.0513. The largest absolute Gasteiger partial charge is 0.481 e. The molecule has 7 nitrogen and oxygen atoms in total. The standard InChI is InChI=1S/C13H23N3O4/c1-16(2)13(4-3-5-13)8-14-12(19)15-10-7-20-6-9(10)11(17)18/h9-10H,3-8H2,1-2H3,(H,17,18)(H2,14,15,19). The molecular formula is C13H23N3O4. The van der Waals surface area contributed by atoms with Crippen molar-refractivity contribution in [3.63, 3.8) is 0 Å². The predicted molar refractivity (Wildman–Crippen MR) is 72.5 cm³/mol. The van der Waals surface area contributed by atoms with Crippen molar-refractivity contribution in [2.75, 3.05) is 33.9 Å². The highest BCUT2D eigenvalue weighted by Crippen LogP contribution is 2.35. The zero-order valence-corrected chi connectivity index (χ0v) is 12.0. The summed E-state index contributed by atoms with van der Waals surface area (Å²) in [4.78, 5) is 25.0. The van der Waals surface area contributed by atoms with Crippen LogP contribution in [0.15, 0.2) is 0 Å². The first-order chi connectivity index (χ1) is 9.44. The molecule has 0 bridgehead atoms. The summed E-state index contributed by atoms with van der Waals surface area (Å²) in [6, 6.07) is -0.774. The van der Waals surface area contributed by atoms with Crippen molar-refractivity contribution in [3.8, 4) is 0 Å². The van der Waals surface area contributed by atoms with Gasteiger partial charge in [0.25, 0.3) is 0 Å². The maximum absolute atomic E-state index is 11.9. The lowest BCUT2D eigenvalue weighted by Gasteiger charge is -2.47. The maximum Gasteiger partial charge on any atom is 0.315 e. The summed E-state index contributed by atoms with van der Waals surface area (Å²) in [5, 5.41) is 14.6. The lowest BCUT2D eigenvalue weighted by Crippen LogP contribution is -2.59. The van der Waals surface area contributed by atoms with E-state index in [1.807, 2.05) is 14.1 Å². The summed E-state index contributed by atoms with van der Waals surface area (Å²) in [6.45, 7) is 0.988. The number of amides is 2. The molecule has 20 heavy (non-hydrogen) atoms. The minimum Gasteiger partial charge on any atom is -0.481 e. The van der Waals surface area contributed by atoms with Gasteiger partial charge in [-0.3, -0.25) is 4.79 Å². The first-order valence-corrected chi connectivity index (χ1v) is 6.97. The normalized spacial score (nSPS) is 27.9. The topological polar surface area (TPSA) is 90.9 Å². The second-order valence-electron chi connectivity index (χ2n) is 5.89. The number of ether oxygens (including phenoxy) is 1. The predicted octanol–water partition coefficient (Wildman–Crippen LogP) is -0.130. The Morgan fingerprint density at radius 3 is 2.55 bits per heavy atom. The molecule has 2 amide bonds. The molecule has 1 saturated carbocycles. The molecule has 0 aromatic carbocycles. The first kappa shape index (κ1) is 15.1. The van der Waals surface area contributed by atoms with Crippen LogP contribution in [0, 0.1) is 5.92 Å². The molecule has 7 heteroatoms. The number of urea groups is 1. The Hall–Kier alpha value is -1.34. The van der Waals surface area contributed by atoms with Gasteiger partial charge < -0.3 is 25.4 Å². The van der Waals surface area contributed by atoms with E-state index in [0.29, 0.717) is 6.54 Å². The summed E-state index contributed by atoms with van der Waals surface area (Å²) in [5.41, 5.74) is 0.0513. The molecule has 1 heterocycles. The lowest BCUT2D eigenvalue weighted by atomic mass is 9.75. The second-order valence-corrected chi connectivity index (χ2v) is 5.89. The lowest BCUT2D eigenvalue weighted by molar-refractivity contribution is -0.142. The summed E-state index contributed by atoms with van der Waals surface area (Å²) in [5.74, 6) is -1.59. The molecule has 0 aromatic rings. The molecule has 2 aliphatic rings. The smallest absolute Gasteiger partial charge is 0.315 e. The summed E-state index contributed by atoms with van der Waals surface area (Å²) in [6.07, 6.45) is 3.33. The average molecular weight is 285 g/mol. The first-order valence-electron chi connectivity index (χ1n) is 6.97. The zero-order chi connectivity index (χ0) is 14.8. The van der Waals surface area contributed by atoms with Crippen LogP contribution in [-0.2, 0) is 9.53 Å². The Balaban J connectivity index is 1.79. The molecule has 0 aromatic heterocycles. The molecular weight excluding hydrogens is 262 g/mol. The van der Waals surface area contributed by atoms with Crippen LogP contribution in [0.2, 0.25) is 0 Å². The quantitative estimate of drug-likeness (QED) is 0.654. The number of carbonyl (C=O) groups excluding carboxylic acids is 1. The number of carbonyl (C=O) groups is 2. The van der Waals surface area contributed by atoms with Crippen molar-refractivity contribution < 1.29 is 19.4 Å². The number of carboxylic acid groups (broad SMARTS) is 1. The molecule has 0 radical (unpaired) electrons. The minimum atomic E-state index is -0.934. The van der Waals surface area contributed by atoms with Gasteiger partial charge in [0.1, 0.15) is 5.92 Å². The number of hydrogen-bond donors (Lipinski definition) is 3. The van der Waals surface area contributed by atoms with E-state index >= 15 is 0 Å². The number of hydrogen-bond acceptors (Lipinski definition) is 4. The third kappa shape index (κ3) is 3.04. The van der Waals surface area contributed by atoms with Crippen molar-refractivity contribution in [2.45, 2.75) is 30.8 Å². The Morgan fingerprint density at radius 1 is 1.35 bits per heavy atom. The number of carboxylic acids is 1. The van der Waals surface area contributed by atoms with E-state index in [9.17, 15) is 9.59 Å². The fourth-order valence-corrected chi connectivity index (χ4v) is 2.77. The van der Waals surface area contributed by atoms with Crippen molar-refractivity contribution in [3.05, 3.63) is 0 Å². The molecule has 0 spiro atoms. The Bertz CT molecular complexity index is 382. The average Bonchev–Trinajstić information content (AvgIpc) is 2.75. The summed E-state index contributed by atoms with van der Waals surface area (Å²) < 4.78 is 5.12. The van der Waals surface area contributed by atoms with Crippen LogP contribution >= 0.6 is 0 Å². The van der Waals surface area contributed by atoms with Crippen LogP contribution in [0.4, 0.5) is 4.79 Å². The van der Waals surface area contributed by atoms with Gasteiger partial charge in [-0.2, -0.15) is 0 Å². The third-order valence-electron chi connectivity index (χ3n) is 4.53. The van der Waals surface area contributed by atoms with Gasteiger partial charge in [0.05, 0.1) is 19.3 Å². The van der Waals surface area contributed by atoms with Gasteiger partial charge in [0.2, 0.25) is 0 Å². The molecule has 2 unspecified atom stereocenters. The van der Waals surface area contributed by atoms with Crippen molar-refractivity contribution >= 4 is 12.0 Å². The fraction of sp³-hybridized carbons (Fsp3) is 0.846. The van der Waals surface area contributed by atoms with E-state index in [-0.39, 0.29) is 24.8 Å². The van der Waals surface area contributed by atoms with E-state index in [1.54, 1.807) is 0 Å². The van der Waals surface area contributed by atoms with Crippen LogP contribution in [0.5, 0.6) is 0 Å². The summed E-state index contributed by atoms with van der Waals surface area (Å²) >= 11 is 0. The van der Waals surface area contributed by atoms with Crippen LogP contribution < -0.4 is 10.6 Å². The van der Waals surface area contributed by atoms with Crippen LogP contribution in [-0.4, -0.2) is 67.4 Å². The Kier molecular flexibility index (Phi) is 4.49. The monoisotopic (exact) mass is 285 g/mol. The molecule has 2 atom stereocenters. The van der Waals surface area contributed by atoms with Gasteiger partial charge in [-0.1, -0.05) is 0 Å². The maximum atomic E-state index is 11.9. The molecule has 1 saturated heterocycles. The number of rotatable bonds is 5. The molecule has 114 valence electrons. The molecule has 1 aliphatic carbocycles. The third-order valence-corrected chi connectivity index (χ3v) is 4.53. The highest BCUT2D eigenvalue weighted by atomic mass is 16.5. The van der Waals surface area contributed by atoms with Gasteiger partial charge in [-0.05, 0) is 33.4 Å². The fourth-order valence-electron chi connectivity index (χ4n) is 2.77. The van der Waals surface area contributed by atoms with Gasteiger partial charge in [0, 0.05) is 12.1 Å². The number of nitrogens with one attached hydrogen (secondary N) is 2. The van der Waals surface area contributed by atoms with E-state index in [0.717, 1.165) is 12.8 Å². The highest BCUT2D eigenvalue weighted by Gasteiger charge is 2.40. The Labute approximate surface area is 118 Å². The summed E-state index contributed by atoms with van der Waals surface area (Å²) in [7, 11) is 4.04. The van der Waals surface area contributed by atoms with Gasteiger partial charge in [-0.15, -0.1) is 0 Å². The van der Waals surface area contributed by atoms with E-state index < -0.39 is 17.9 Å². The highest BCUT2D eigenvalue weighted by molar-refractivity contribution is 5.77. The van der Waals surface area contributed by atoms with Crippen molar-refractivity contribution in [2.24, 2.45) is 5.92 Å². The van der Waals surface area contributed by atoms with Gasteiger partial charge in [0.15, 0.2) is 0 Å². The molecule has 2 fully saturated rings. The van der Waals surface area contributed by atoms with Crippen LogP contribution in [0.1, 0.15) is 19.3 Å². The Morgan fingerprint density at radius 2 is 2.05 bits per heavy atom.